The zero-order chi connectivity index (χ0) is 19.9. The normalized spacial score (nSPS) is 15.5. The number of amides is 1. The van der Waals surface area contributed by atoms with Crippen molar-refractivity contribution in [2.45, 2.75) is 20.3 Å². The average molecular weight is 419 g/mol. The van der Waals surface area contributed by atoms with E-state index in [0.717, 1.165) is 23.4 Å². The fraction of sp³-hybridized carbons (Fsp3) is 0.333. The number of thioether (sulfide) groups is 1. The highest BCUT2D eigenvalue weighted by molar-refractivity contribution is 8.13. The quantitative estimate of drug-likeness (QED) is 0.656. The molecule has 1 saturated heterocycles. The first-order valence-corrected chi connectivity index (χ1v) is 10.6. The maximum atomic E-state index is 12.8. The van der Waals surface area contributed by atoms with Gasteiger partial charge in [-0.1, -0.05) is 41.6 Å². The predicted octanol–water partition coefficient (Wildman–Crippen LogP) is 5.08. The minimum absolute atomic E-state index is 0.0711. The lowest BCUT2D eigenvalue weighted by Gasteiger charge is -2.27. The van der Waals surface area contributed by atoms with Crippen molar-refractivity contribution in [3.8, 4) is 11.5 Å². The summed E-state index contributed by atoms with van der Waals surface area (Å²) in [5.41, 5.74) is 1.73. The molecule has 0 aliphatic carbocycles. The maximum Gasteiger partial charge on any atom is 0.266 e. The molecule has 28 heavy (non-hydrogen) atoms. The number of amidine groups is 1. The van der Waals surface area contributed by atoms with Crippen molar-refractivity contribution in [1.29, 1.82) is 0 Å². The van der Waals surface area contributed by atoms with Gasteiger partial charge in [-0.25, -0.2) is 4.99 Å². The predicted molar refractivity (Wildman–Crippen MR) is 115 cm³/mol. The van der Waals surface area contributed by atoms with Crippen LogP contribution in [0.4, 0.5) is 5.69 Å². The topological polar surface area (TPSA) is 51.1 Å². The molecule has 0 N–H and O–H groups in total. The summed E-state index contributed by atoms with van der Waals surface area (Å²) in [4.78, 5) is 19.1. The Morgan fingerprint density at radius 3 is 2.68 bits per heavy atom. The van der Waals surface area contributed by atoms with Crippen molar-refractivity contribution in [3.05, 3.63) is 53.1 Å². The molecule has 148 valence electrons. The Morgan fingerprint density at radius 2 is 1.96 bits per heavy atom. The highest BCUT2D eigenvalue weighted by atomic mass is 35.5. The van der Waals surface area contributed by atoms with Gasteiger partial charge in [-0.05, 0) is 50.1 Å². The molecule has 0 radical (unpaired) electrons. The van der Waals surface area contributed by atoms with E-state index in [2.05, 4.69) is 4.99 Å². The third-order valence-corrected chi connectivity index (χ3v) is 5.64. The van der Waals surface area contributed by atoms with E-state index in [1.807, 2.05) is 50.2 Å². The molecule has 0 spiro atoms. The van der Waals surface area contributed by atoms with Crippen molar-refractivity contribution in [2.24, 2.45) is 4.99 Å². The van der Waals surface area contributed by atoms with E-state index >= 15 is 0 Å². The van der Waals surface area contributed by atoms with Gasteiger partial charge in [-0.3, -0.25) is 9.69 Å². The fourth-order valence-corrected chi connectivity index (χ4v) is 3.86. The number of carbonyl (C=O) groups excluding carboxylic acids is 1. The minimum Gasteiger partial charge on any atom is -0.490 e. The molecule has 7 heteroatoms. The van der Waals surface area contributed by atoms with E-state index in [1.54, 1.807) is 22.7 Å². The first-order valence-electron chi connectivity index (χ1n) is 9.21. The van der Waals surface area contributed by atoms with Crippen molar-refractivity contribution < 1.29 is 14.3 Å². The number of hydrogen-bond donors (Lipinski definition) is 0. The molecule has 1 fully saturated rings. The van der Waals surface area contributed by atoms with Crippen LogP contribution in [0.2, 0.25) is 5.02 Å². The van der Waals surface area contributed by atoms with Crippen LogP contribution in [0.3, 0.4) is 0 Å². The van der Waals surface area contributed by atoms with Gasteiger partial charge in [0, 0.05) is 17.3 Å². The van der Waals surface area contributed by atoms with Crippen LogP contribution in [0.1, 0.15) is 18.9 Å². The molecule has 3 rings (SSSR count). The number of aliphatic imine (C=N–C) groups is 1. The molecule has 0 unspecified atom stereocenters. The maximum absolute atomic E-state index is 12.8. The molecular weight excluding hydrogens is 396 g/mol. The van der Waals surface area contributed by atoms with Gasteiger partial charge in [0.05, 0.1) is 12.3 Å². The molecule has 0 atom stereocenters. The van der Waals surface area contributed by atoms with Crippen LogP contribution in [0.15, 0.2) is 47.5 Å². The Balaban J connectivity index is 1.72. The molecular formula is C21H23ClN2O3S. The third-order valence-electron chi connectivity index (χ3n) is 4.17. The van der Waals surface area contributed by atoms with Crippen LogP contribution in [0.25, 0.3) is 0 Å². The van der Waals surface area contributed by atoms with Gasteiger partial charge in [-0.2, -0.15) is 0 Å². The summed E-state index contributed by atoms with van der Waals surface area (Å²) in [6.45, 7) is 4.95. The van der Waals surface area contributed by atoms with Gasteiger partial charge >= 0.3 is 0 Å². The highest BCUT2D eigenvalue weighted by Crippen LogP contribution is 2.28. The zero-order valence-electron chi connectivity index (χ0n) is 16.0. The molecule has 1 aliphatic heterocycles. The second-order valence-electron chi connectivity index (χ2n) is 6.24. The molecule has 0 bridgehead atoms. The van der Waals surface area contributed by atoms with Crippen molar-refractivity contribution >= 4 is 40.1 Å². The standard InChI is InChI=1S/C21H23ClN2O3S/c1-3-26-18-7-4-5-8-19(18)27-14-20(25)24-11-6-12-28-21(24)23-16-10-9-15(2)17(22)13-16/h4-5,7-10,13H,3,6,11-12,14H2,1-2H3. The van der Waals surface area contributed by atoms with Crippen molar-refractivity contribution in [1.82, 2.24) is 4.90 Å². The number of para-hydroxylation sites is 2. The van der Waals surface area contributed by atoms with Crippen molar-refractivity contribution in [2.75, 3.05) is 25.5 Å². The summed E-state index contributed by atoms with van der Waals surface area (Å²) in [5, 5.41) is 1.34. The van der Waals surface area contributed by atoms with E-state index in [1.165, 1.54) is 0 Å². The SMILES string of the molecule is CCOc1ccccc1OCC(=O)N1CCCSC1=Nc1ccc(C)c(Cl)c1. The number of halogens is 1. The van der Waals surface area contributed by atoms with E-state index in [-0.39, 0.29) is 12.5 Å². The largest absolute Gasteiger partial charge is 0.490 e. The fourth-order valence-electron chi connectivity index (χ4n) is 2.71. The van der Waals surface area contributed by atoms with E-state index in [0.29, 0.717) is 34.8 Å². The first kappa shape index (κ1) is 20.6. The Hall–Kier alpha value is -2.18. The molecule has 2 aromatic carbocycles. The van der Waals surface area contributed by atoms with Crippen molar-refractivity contribution in [3.63, 3.8) is 0 Å². The molecule has 2 aromatic rings. The third kappa shape index (κ3) is 5.20. The average Bonchev–Trinajstić information content (AvgIpc) is 2.70. The van der Waals surface area contributed by atoms with E-state index in [9.17, 15) is 4.79 Å². The van der Waals surface area contributed by atoms with E-state index in [4.69, 9.17) is 21.1 Å². The molecule has 0 aromatic heterocycles. The van der Waals surface area contributed by atoms with Crippen LogP contribution in [-0.2, 0) is 4.79 Å². The molecule has 1 amide bonds. The van der Waals surface area contributed by atoms with Crippen LogP contribution in [0, 0.1) is 6.92 Å². The number of ether oxygens (including phenoxy) is 2. The lowest BCUT2D eigenvalue weighted by atomic mass is 10.2. The number of carbonyl (C=O) groups is 1. The van der Waals surface area contributed by atoms with Gasteiger partial charge < -0.3 is 9.47 Å². The van der Waals surface area contributed by atoms with Gasteiger partial charge in [-0.15, -0.1) is 0 Å². The molecule has 5 nitrogen and oxygen atoms in total. The summed E-state index contributed by atoms with van der Waals surface area (Å²) < 4.78 is 11.3. The number of rotatable bonds is 6. The lowest BCUT2D eigenvalue weighted by Crippen LogP contribution is -2.41. The monoisotopic (exact) mass is 418 g/mol. The van der Waals surface area contributed by atoms with Crippen LogP contribution in [-0.4, -0.2) is 41.5 Å². The molecule has 1 heterocycles. The van der Waals surface area contributed by atoms with Gasteiger partial charge in [0.25, 0.3) is 5.91 Å². The van der Waals surface area contributed by atoms with Gasteiger partial charge in [0.1, 0.15) is 0 Å². The van der Waals surface area contributed by atoms with Crippen LogP contribution in [0.5, 0.6) is 11.5 Å². The number of aryl methyl sites for hydroxylation is 1. The Labute approximate surface area is 174 Å². The minimum atomic E-state index is -0.129. The summed E-state index contributed by atoms with van der Waals surface area (Å²) in [6, 6.07) is 13.0. The van der Waals surface area contributed by atoms with Crippen LogP contribution < -0.4 is 9.47 Å². The molecule has 1 aliphatic rings. The smallest absolute Gasteiger partial charge is 0.266 e. The van der Waals surface area contributed by atoms with Gasteiger partial charge in [0.2, 0.25) is 0 Å². The Bertz CT molecular complexity index is 872. The lowest BCUT2D eigenvalue weighted by molar-refractivity contribution is -0.129. The number of benzene rings is 2. The van der Waals surface area contributed by atoms with E-state index < -0.39 is 0 Å². The Kier molecular flexibility index (Phi) is 7.23. The van der Waals surface area contributed by atoms with Gasteiger partial charge in [0.15, 0.2) is 23.3 Å². The summed E-state index contributed by atoms with van der Waals surface area (Å²) in [5.74, 6) is 1.99. The second-order valence-corrected chi connectivity index (χ2v) is 7.71. The highest BCUT2D eigenvalue weighted by Gasteiger charge is 2.24. The zero-order valence-corrected chi connectivity index (χ0v) is 17.6. The first-order chi connectivity index (χ1) is 13.6. The summed E-state index contributed by atoms with van der Waals surface area (Å²) in [6.07, 6.45) is 0.916. The van der Waals surface area contributed by atoms with Crippen LogP contribution >= 0.6 is 23.4 Å². The summed E-state index contributed by atoms with van der Waals surface area (Å²) >= 11 is 7.77. The number of hydrogen-bond acceptors (Lipinski definition) is 5. The molecule has 0 saturated carbocycles. The Morgan fingerprint density at radius 1 is 1.21 bits per heavy atom. The summed E-state index contributed by atoms with van der Waals surface area (Å²) in [7, 11) is 0. The number of nitrogens with zero attached hydrogens (tertiary/aromatic N) is 2. The second kappa shape index (κ2) is 9.85.